The van der Waals surface area contributed by atoms with E-state index in [2.05, 4.69) is 0 Å². The summed E-state index contributed by atoms with van der Waals surface area (Å²) >= 11 is 0. The first-order chi connectivity index (χ1) is 34.5. The Morgan fingerprint density at radius 2 is 1.56 bits per heavy atom. The van der Waals surface area contributed by atoms with Gasteiger partial charge in [-0.05, 0) is 114 Å². The molecule has 15 atom stereocenters. The molecule has 17 heteroatoms. The number of ether oxygens (including phenoxy) is 6. The first kappa shape index (κ1) is 61.6. The van der Waals surface area contributed by atoms with Crippen molar-refractivity contribution >= 4 is 35.2 Å². The highest BCUT2D eigenvalue weighted by Crippen LogP contribution is 2.38. The van der Waals surface area contributed by atoms with Crippen molar-refractivity contribution < 1.29 is 77.6 Å². The summed E-state index contributed by atoms with van der Waals surface area (Å²) in [5, 5.41) is 43.1. The highest BCUT2D eigenvalue weighted by molar-refractivity contribution is 6.39. The van der Waals surface area contributed by atoms with E-state index in [1.165, 1.54) is 21.1 Å². The van der Waals surface area contributed by atoms with Crippen LogP contribution in [-0.4, -0.2) is 156 Å². The van der Waals surface area contributed by atoms with Gasteiger partial charge in [0.2, 0.25) is 5.79 Å². The van der Waals surface area contributed by atoms with Gasteiger partial charge in [0.05, 0.1) is 31.5 Å². The molecule has 0 aromatic heterocycles. The lowest BCUT2D eigenvalue weighted by Crippen LogP contribution is -2.61. The molecule has 3 fully saturated rings. The van der Waals surface area contributed by atoms with Crippen LogP contribution in [0.15, 0.2) is 47.6 Å². The molecule has 3 aliphatic heterocycles. The first-order valence-electron chi connectivity index (χ1n) is 26.4. The summed E-state index contributed by atoms with van der Waals surface area (Å²) in [5.74, 6) is -9.36. The lowest BCUT2D eigenvalue weighted by atomic mass is 9.78. The smallest absolute Gasteiger partial charge is 0.329 e. The number of aliphatic hydroxyl groups is 4. The number of Topliss-reactive ketones (excluding diaryl/α,β-unsaturated/α-hetero) is 3. The fourth-order valence-electron chi connectivity index (χ4n) is 10.7. The number of cyclic esters (lactones) is 1. The van der Waals surface area contributed by atoms with Gasteiger partial charge in [0.15, 0.2) is 5.78 Å². The van der Waals surface area contributed by atoms with Crippen LogP contribution in [0.5, 0.6) is 0 Å². The van der Waals surface area contributed by atoms with Crippen molar-refractivity contribution in [3.05, 3.63) is 47.6 Å². The fraction of sp³-hybridized carbons (Fsp3) is 0.750. The molecular weight excluding hydrogens is 943 g/mol. The summed E-state index contributed by atoms with van der Waals surface area (Å²) < 4.78 is 35.4. The molecule has 1 saturated carbocycles. The van der Waals surface area contributed by atoms with Gasteiger partial charge in [-0.25, -0.2) is 4.79 Å². The lowest BCUT2D eigenvalue weighted by Gasteiger charge is -2.42. The molecule has 412 valence electrons. The maximum absolute atomic E-state index is 14.5. The second kappa shape index (κ2) is 28.3. The van der Waals surface area contributed by atoms with Gasteiger partial charge in [0.1, 0.15) is 41.7 Å². The number of methoxy groups -OCH3 is 3. The third kappa shape index (κ3) is 16.0. The molecule has 0 radical (unpaired) electrons. The van der Waals surface area contributed by atoms with Crippen molar-refractivity contribution in [3.8, 4) is 0 Å². The van der Waals surface area contributed by atoms with Gasteiger partial charge in [-0.2, -0.15) is 0 Å². The van der Waals surface area contributed by atoms with Crippen LogP contribution in [0.1, 0.15) is 132 Å². The Morgan fingerprint density at radius 1 is 0.863 bits per heavy atom. The molecule has 17 nitrogen and oxygen atoms in total. The number of ketones is 3. The van der Waals surface area contributed by atoms with Crippen LogP contribution in [0.2, 0.25) is 0 Å². The van der Waals surface area contributed by atoms with Crippen molar-refractivity contribution in [2.75, 3.05) is 41.1 Å². The minimum Gasteiger partial charge on any atom is -0.460 e. The van der Waals surface area contributed by atoms with Crippen LogP contribution in [0.3, 0.4) is 0 Å². The molecule has 3 heterocycles. The van der Waals surface area contributed by atoms with Crippen molar-refractivity contribution in [2.24, 2.45) is 40.9 Å². The molecule has 0 aromatic rings. The first-order valence-corrected chi connectivity index (χ1v) is 26.4. The number of hydrogen-bond acceptors (Lipinski definition) is 16. The minimum atomic E-state index is -2.47. The predicted molar refractivity (Wildman–Crippen MR) is 271 cm³/mol. The zero-order valence-corrected chi connectivity index (χ0v) is 45.3. The number of carbonyl (C=O) groups excluding carboxylic acids is 6. The van der Waals surface area contributed by atoms with E-state index in [1.54, 1.807) is 40.9 Å². The third-order valence-electron chi connectivity index (χ3n) is 15.9. The van der Waals surface area contributed by atoms with Gasteiger partial charge in [0.25, 0.3) is 11.7 Å². The molecule has 4 N–H and O–H groups in total. The highest BCUT2D eigenvalue weighted by atomic mass is 16.6. The van der Waals surface area contributed by atoms with E-state index in [0.717, 1.165) is 10.5 Å². The molecule has 2 saturated heterocycles. The van der Waals surface area contributed by atoms with E-state index in [-0.39, 0.29) is 42.8 Å². The molecule has 1 amide bonds. The van der Waals surface area contributed by atoms with E-state index >= 15 is 0 Å². The lowest BCUT2D eigenvalue weighted by molar-refractivity contribution is -0.265. The number of nitrogens with zero attached hydrogens (tertiary/aromatic N) is 1. The van der Waals surface area contributed by atoms with Crippen molar-refractivity contribution in [1.29, 1.82) is 0 Å². The maximum Gasteiger partial charge on any atom is 0.329 e. The van der Waals surface area contributed by atoms with Gasteiger partial charge in [0, 0.05) is 58.5 Å². The molecule has 1 aliphatic carbocycles. The Labute approximate surface area is 433 Å². The largest absolute Gasteiger partial charge is 0.460 e. The second-order valence-electron chi connectivity index (χ2n) is 21.8. The Hall–Kier alpha value is -3.94. The zero-order chi connectivity index (χ0) is 54.4. The van der Waals surface area contributed by atoms with Crippen LogP contribution in [-0.2, 0) is 57.2 Å². The standard InChI is InChI=1S/C56H87NO16/c1-33-17-13-12-14-18-34(2)45(68-9)29-41-22-20-39(7)56(67,73-41)51(63)52(64)57-24-16-15-19-42(57)53(65)71-46(30-43(60)35(3)26-38(6)49(62)50(70-11)48(61)37(5)25-33)36(4)27-40-21-23-44(47(28-40)69-10)72-54(66)55(8,31-58)32-59/h12-14,17-18,26,33,35-37,39-42,44-47,49-50,58-59,62,67H,15-16,19-25,27-32H2,1-11H3/b14-12+,17-13+,34-18+,38-26+/t33?,35-,36?,37-,39-,40+,41+,42+,44-,45+,46+,47-,49-,50+,56-/m1/s1. The summed E-state index contributed by atoms with van der Waals surface area (Å²) in [7, 11) is 4.43. The quantitative estimate of drug-likeness (QED) is 0.116. The number of aliphatic hydroxyl groups excluding tert-OH is 3. The summed E-state index contributed by atoms with van der Waals surface area (Å²) in [5.41, 5.74) is -0.277. The van der Waals surface area contributed by atoms with E-state index < -0.39 is 120 Å². The van der Waals surface area contributed by atoms with E-state index in [4.69, 9.17) is 28.4 Å². The topological polar surface area (TPSA) is 242 Å². The summed E-state index contributed by atoms with van der Waals surface area (Å²) in [6, 6.07) is -1.20. The van der Waals surface area contributed by atoms with Crippen molar-refractivity contribution in [3.63, 3.8) is 0 Å². The number of carbonyl (C=O) groups is 6. The fourth-order valence-corrected chi connectivity index (χ4v) is 10.7. The molecule has 4 aliphatic rings. The normalized spacial score (nSPS) is 37.4. The van der Waals surface area contributed by atoms with Crippen molar-refractivity contribution in [2.45, 2.75) is 187 Å². The summed E-state index contributed by atoms with van der Waals surface area (Å²) in [4.78, 5) is 85.4. The molecule has 2 unspecified atom stereocenters. The monoisotopic (exact) mass is 1030 g/mol. The van der Waals surface area contributed by atoms with Crippen LogP contribution >= 0.6 is 0 Å². The number of hydrogen-bond donors (Lipinski definition) is 4. The zero-order valence-electron chi connectivity index (χ0n) is 45.3. The Kier molecular flexibility index (Phi) is 23.9. The maximum atomic E-state index is 14.5. The van der Waals surface area contributed by atoms with Gasteiger partial charge in [-0.15, -0.1) is 0 Å². The minimum absolute atomic E-state index is 0.00697. The van der Waals surface area contributed by atoms with Crippen molar-refractivity contribution in [1.82, 2.24) is 4.90 Å². The van der Waals surface area contributed by atoms with Gasteiger partial charge in [-0.3, -0.25) is 24.0 Å². The molecular formula is C56H87NO16. The Bertz CT molecular complexity index is 2010. The van der Waals surface area contributed by atoms with Gasteiger partial charge in [-0.1, -0.05) is 71.1 Å². The molecule has 73 heavy (non-hydrogen) atoms. The summed E-state index contributed by atoms with van der Waals surface area (Å²) in [6.45, 7) is 12.7. The number of amides is 1. The Morgan fingerprint density at radius 3 is 2.21 bits per heavy atom. The Balaban J connectivity index is 1.69. The number of rotatable bonds is 10. The van der Waals surface area contributed by atoms with Gasteiger partial charge >= 0.3 is 11.9 Å². The number of allylic oxidation sites excluding steroid dienone is 6. The molecule has 0 aromatic carbocycles. The van der Waals surface area contributed by atoms with Crippen LogP contribution in [0.25, 0.3) is 0 Å². The second-order valence-corrected chi connectivity index (χ2v) is 21.8. The van der Waals surface area contributed by atoms with E-state index in [1.807, 2.05) is 51.2 Å². The average Bonchev–Trinajstić information content (AvgIpc) is 3.37. The average molecular weight is 1030 g/mol. The molecule has 0 spiro atoms. The van der Waals surface area contributed by atoms with Crippen LogP contribution < -0.4 is 0 Å². The SMILES string of the molecule is CO[C@H]1C[C@@H]2CC[C@@H](C)[C@@](O)(O2)C(=O)C(=O)N2CCCC[C@H]2C(=O)O[C@H](C(C)C[C@@H]2CC[C@@H](OC(=O)C(C)(CO)CO)[C@H](OC)C2)CC(=O)[C@H](C)/C=C(\C)[C@@H](O)[C@@H](OC)C(=O)[C@H](C)CC(C)/C=C/C=C/C=C/1C. The van der Waals surface area contributed by atoms with Gasteiger partial charge < -0.3 is 53.7 Å². The molecule has 4 rings (SSSR count). The number of esters is 2. The predicted octanol–water partition coefficient (Wildman–Crippen LogP) is 5.72. The number of fused-ring (bicyclic) bond motifs is 3. The van der Waals surface area contributed by atoms with E-state index in [9.17, 15) is 49.2 Å². The third-order valence-corrected chi connectivity index (χ3v) is 15.9. The summed E-state index contributed by atoms with van der Waals surface area (Å²) in [6.07, 6.45) is 9.76. The number of piperidine rings is 1. The van der Waals surface area contributed by atoms with E-state index in [0.29, 0.717) is 69.8 Å². The molecule has 2 bridgehead atoms. The van der Waals surface area contributed by atoms with Crippen LogP contribution in [0, 0.1) is 40.9 Å². The van der Waals surface area contributed by atoms with Crippen LogP contribution in [0.4, 0.5) is 0 Å². The highest BCUT2D eigenvalue weighted by Gasteiger charge is 2.53.